The summed E-state index contributed by atoms with van der Waals surface area (Å²) in [6.45, 7) is 8.31. The van der Waals surface area contributed by atoms with Crippen molar-refractivity contribution in [1.29, 1.82) is 5.41 Å². The number of fused-ring (bicyclic) bond motifs is 1. The summed E-state index contributed by atoms with van der Waals surface area (Å²) in [5, 5.41) is 11.4. The van der Waals surface area contributed by atoms with Crippen LogP contribution >= 0.6 is 11.8 Å². The van der Waals surface area contributed by atoms with Crippen molar-refractivity contribution in [3.63, 3.8) is 0 Å². The molecule has 3 aromatic rings. The van der Waals surface area contributed by atoms with Crippen LogP contribution in [0.3, 0.4) is 0 Å². The molecule has 33 heavy (non-hydrogen) atoms. The number of hydrogen-bond donors (Lipinski definition) is 1. The van der Waals surface area contributed by atoms with Crippen LogP contribution in [0.25, 0.3) is 17.5 Å². The number of amidine groups is 2. The summed E-state index contributed by atoms with van der Waals surface area (Å²) in [4.78, 5) is 18.9. The highest BCUT2D eigenvalue weighted by Gasteiger charge is 2.36. The molecule has 0 atom stereocenters. The second-order valence-corrected chi connectivity index (χ2v) is 9.22. The first-order chi connectivity index (χ1) is 15.8. The Hall–Kier alpha value is -3.64. The van der Waals surface area contributed by atoms with E-state index in [0.717, 1.165) is 33.9 Å². The zero-order valence-corrected chi connectivity index (χ0v) is 19.8. The van der Waals surface area contributed by atoms with E-state index >= 15 is 0 Å². The van der Waals surface area contributed by atoms with E-state index in [1.165, 1.54) is 22.9 Å². The molecule has 2 aliphatic rings. The smallest absolute Gasteiger partial charge is 0.283 e. The van der Waals surface area contributed by atoms with Gasteiger partial charge in [-0.1, -0.05) is 59.8 Å². The van der Waals surface area contributed by atoms with E-state index in [1.54, 1.807) is 11.0 Å². The van der Waals surface area contributed by atoms with E-state index in [2.05, 4.69) is 54.6 Å². The van der Waals surface area contributed by atoms with Crippen LogP contribution in [0.4, 0.5) is 0 Å². The lowest BCUT2D eigenvalue weighted by atomic mass is 10.1. The van der Waals surface area contributed by atoms with E-state index in [1.807, 2.05) is 42.7 Å². The van der Waals surface area contributed by atoms with Gasteiger partial charge in [0.25, 0.3) is 5.91 Å². The van der Waals surface area contributed by atoms with Gasteiger partial charge in [-0.3, -0.25) is 15.1 Å². The lowest BCUT2D eigenvalue weighted by Gasteiger charge is -2.26. The van der Waals surface area contributed by atoms with Crippen molar-refractivity contribution < 1.29 is 4.79 Å². The zero-order valence-electron chi connectivity index (χ0n) is 19.0. The lowest BCUT2D eigenvalue weighted by molar-refractivity contribution is -0.114. The van der Waals surface area contributed by atoms with E-state index in [0.29, 0.717) is 10.7 Å². The minimum atomic E-state index is -0.377. The Labute approximate surface area is 197 Å². The highest BCUT2D eigenvalue weighted by molar-refractivity contribution is 8.17. The molecule has 0 spiro atoms. The van der Waals surface area contributed by atoms with Crippen LogP contribution in [0.5, 0.6) is 0 Å². The second kappa shape index (κ2) is 8.05. The molecule has 1 N–H and O–H groups in total. The highest BCUT2D eigenvalue weighted by atomic mass is 32.2. The molecule has 6 heteroatoms. The van der Waals surface area contributed by atoms with Crippen LogP contribution in [0, 0.1) is 33.1 Å². The van der Waals surface area contributed by atoms with Gasteiger partial charge in [-0.05, 0) is 62.6 Å². The number of thioether (sulfide) groups is 1. The van der Waals surface area contributed by atoms with Crippen LogP contribution in [-0.4, -0.2) is 26.4 Å². The number of hydrogen-bond acceptors (Lipinski definition) is 3. The molecule has 1 aromatic heterocycles. The maximum atomic E-state index is 12.9. The number of aryl methyl sites for hydroxylation is 3. The largest absolute Gasteiger partial charge is 0.318 e. The number of carbonyl (C=O) groups is 1. The van der Waals surface area contributed by atoms with Gasteiger partial charge in [0, 0.05) is 22.5 Å². The number of benzene rings is 2. The van der Waals surface area contributed by atoms with Crippen molar-refractivity contribution in [2.24, 2.45) is 4.99 Å². The number of amides is 1. The summed E-state index contributed by atoms with van der Waals surface area (Å²) < 4.78 is 2.20. The second-order valence-electron chi connectivity index (χ2n) is 8.38. The Bertz CT molecular complexity index is 1410. The van der Waals surface area contributed by atoms with Crippen LogP contribution < -0.4 is 0 Å². The number of aliphatic imine (C=N–C) groups is 1. The SMILES string of the molecule is Cc1ccc(-n2c(C)cc(/C=C3/C(=N)N4C(c5ccccc5)=CSC4=NC3=O)c2C)c(C)c1. The normalized spacial score (nSPS) is 16.8. The van der Waals surface area contributed by atoms with Gasteiger partial charge >= 0.3 is 0 Å². The number of rotatable bonds is 3. The van der Waals surface area contributed by atoms with Crippen LogP contribution in [-0.2, 0) is 4.79 Å². The minimum Gasteiger partial charge on any atom is -0.318 e. The first-order valence-corrected chi connectivity index (χ1v) is 11.7. The van der Waals surface area contributed by atoms with Gasteiger partial charge in [0.1, 0.15) is 5.84 Å². The molecule has 0 saturated carbocycles. The third-order valence-electron chi connectivity index (χ3n) is 6.05. The summed E-state index contributed by atoms with van der Waals surface area (Å²) >= 11 is 1.38. The van der Waals surface area contributed by atoms with Gasteiger partial charge in [0.2, 0.25) is 0 Å². The Balaban J connectivity index is 1.56. The quantitative estimate of drug-likeness (QED) is 0.495. The van der Waals surface area contributed by atoms with Crippen molar-refractivity contribution in [1.82, 2.24) is 9.47 Å². The molecule has 0 unspecified atom stereocenters. The topological polar surface area (TPSA) is 61.5 Å². The Morgan fingerprint density at radius 3 is 2.48 bits per heavy atom. The van der Waals surface area contributed by atoms with E-state index < -0.39 is 0 Å². The Morgan fingerprint density at radius 1 is 1.00 bits per heavy atom. The number of aromatic nitrogens is 1. The number of carbonyl (C=O) groups excluding carboxylic acids is 1. The van der Waals surface area contributed by atoms with E-state index in [9.17, 15) is 4.79 Å². The molecule has 1 amide bonds. The molecular formula is C27H24N4OS. The maximum absolute atomic E-state index is 12.9. The van der Waals surface area contributed by atoms with Crippen LogP contribution in [0.1, 0.15) is 33.6 Å². The predicted molar refractivity (Wildman–Crippen MR) is 137 cm³/mol. The number of nitrogens with zero attached hydrogens (tertiary/aromatic N) is 3. The molecular weight excluding hydrogens is 428 g/mol. The molecule has 0 aliphatic carbocycles. The standard InChI is InChI=1S/C27H24N4OS/c1-16-10-11-23(17(2)12-16)30-18(3)13-21(19(30)4)14-22-25(28)31-24(20-8-6-5-7-9-20)15-33-27(31)29-26(22)32/h5-15,28H,1-4H3/b22-14-,28-25?. The van der Waals surface area contributed by atoms with E-state index in [-0.39, 0.29) is 11.7 Å². The summed E-state index contributed by atoms with van der Waals surface area (Å²) in [6, 6.07) is 18.4. The van der Waals surface area contributed by atoms with E-state index in [4.69, 9.17) is 5.41 Å². The molecule has 2 aromatic carbocycles. The fourth-order valence-electron chi connectivity index (χ4n) is 4.43. The monoisotopic (exact) mass is 452 g/mol. The average molecular weight is 453 g/mol. The fraction of sp³-hybridized carbons (Fsp3) is 0.148. The summed E-state index contributed by atoms with van der Waals surface area (Å²) in [5.74, 6) is -0.223. The van der Waals surface area contributed by atoms with Gasteiger partial charge in [-0.2, -0.15) is 4.99 Å². The van der Waals surface area contributed by atoms with Crippen LogP contribution in [0.2, 0.25) is 0 Å². The molecule has 0 fully saturated rings. The lowest BCUT2D eigenvalue weighted by Crippen LogP contribution is -2.38. The molecule has 5 rings (SSSR count). The van der Waals surface area contributed by atoms with Gasteiger partial charge in [0.05, 0.1) is 11.3 Å². The summed E-state index contributed by atoms with van der Waals surface area (Å²) in [6.07, 6.45) is 1.80. The third-order valence-corrected chi connectivity index (χ3v) is 6.87. The van der Waals surface area contributed by atoms with Crippen molar-refractivity contribution >= 4 is 40.4 Å². The molecule has 164 valence electrons. The molecule has 3 heterocycles. The van der Waals surface area contributed by atoms with Crippen molar-refractivity contribution in [2.75, 3.05) is 0 Å². The summed E-state index contributed by atoms with van der Waals surface area (Å²) in [5.41, 5.74) is 8.70. The van der Waals surface area contributed by atoms with Gasteiger partial charge in [-0.15, -0.1) is 0 Å². The van der Waals surface area contributed by atoms with Crippen molar-refractivity contribution in [3.8, 4) is 5.69 Å². The minimum absolute atomic E-state index is 0.154. The molecule has 2 aliphatic heterocycles. The summed E-state index contributed by atoms with van der Waals surface area (Å²) in [7, 11) is 0. The highest BCUT2D eigenvalue weighted by Crippen LogP contribution is 2.37. The maximum Gasteiger partial charge on any atom is 0.283 e. The van der Waals surface area contributed by atoms with Gasteiger partial charge < -0.3 is 4.57 Å². The molecule has 0 bridgehead atoms. The van der Waals surface area contributed by atoms with Gasteiger partial charge in [-0.25, -0.2) is 0 Å². The van der Waals surface area contributed by atoms with Crippen molar-refractivity contribution in [3.05, 3.63) is 99.2 Å². The Kier molecular flexibility index (Phi) is 5.17. The molecule has 5 nitrogen and oxygen atoms in total. The predicted octanol–water partition coefficient (Wildman–Crippen LogP) is 6.02. The van der Waals surface area contributed by atoms with Crippen LogP contribution in [0.15, 0.2) is 70.6 Å². The fourth-order valence-corrected chi connectivity index (χ4v) is 5.32. The first-order valence-electron chi connectivity index (χ1n) is 10.8. The average Bonchev–Trinajstić information content (AvgIpc) is 3.33. The Morgan fingerprint density at radius 2 is 1.76 bits per heavy atom. The third kappa shape index (κ3) is 3.56. The van der Waals surface area contributed by atoms with Crippen molar-refractivity contribution in [2.45, 2.75) is 27.7 Å². The molecule has 0 saturated heterocycles. The zero-order chi connectivity index (χ0) is 23.3. The van der Waals surface area contributed by atoms with Gasteiger partial charge in [0.15, 0.2) is 5.17 Å². The number of nitrogens with one attached hydrogen (secondary N) is 1. The molecule has 0 radical (unpaired) electrons. The first kappa shape index (κ1) is 21.2.